The molecule has 2 aromatic carbocycles. The topological polar surface area (TPSA) is 93.5 Å². The van der Waals surface area contributed by atoms with E-state index >= 15 is 0 Å². The second-order valence-corrected chi connectivity index (χ2v) is 4.56. The smallest absolute Gasteiger partial charge is 0.294 e. The fraction of sp³-hybridized carbons (Fsp3) is 0.133. The van der Waals surface area contributed by atoms with E-state index in [9.17, 15) is 14.9 Å². The van der Waals surface area contributed by atoms with Crippen molar-refractivity contribution in [2.24, 2.45) is 0 Å². The second kappa shape index (κ2) is 6.57. The standard InChI is InChI=1S/C15H15N3O4/c1-10-7-8-14(22-2)11(9-10)15(19)17-16-12-5-3-4-6-13(12)18(20)21/h3-9,16H,1-2H3,(H,17,19). The number of carbonyl (C=O) groups excluding carboxylic acids is 1. The van der Waals surface area contributed by atoms with Crippen LogP contribution >= 0.6 is 0 Å². The largest absolute Gasteiger partial charge is 0.496 e. The minimum Gasteiger partial charge on any atom is -0.496 e. The van der Waals surface area contributed by atoms with Crippen molar-refractivity contribution in [3.63, 3.8) is 0 Å². The van der Waals surface area contributed by atoms with E-state index in [1.165, 1.54) is 19.2 Å². The van der Waals surface area contributed by atoms with Gasteiger partial charge in [0.25, 0.3) is 11.6 Å². The van der Waals surface area contributed by atoms with Gasteiger partial charge in [-0.05, 0) is 25.1 Å². The molecule has 114 valence electrons. The van der Waals surface area contributed by atoms with Crippen LogP contribution in [0.4, 0.5) is 11.4 Å². The molecule has 2 N–H and O–H groups in total. The number of hydrogen-bond acceptors (Lipinski definition) is 5. The van der Waals surface area contributed by atoms with E-state index < -0.39 is 10.8 Å². The lowest BCUT2D eigenvalue weighted by Gasteiger charge is -2.11. The number of benzene rings is 2. The summed E-state index contributed by atoms with van der Waals surface area (Å²) in [5.74, 6) is -0.0221. The highest BCUT2D eigenvalue weighted by Crippen LogP contribution is 2.23. The van der Waals surface area contributed by atoms with Gasteiger partial charge in [-0.15, -0.1) is 0 Å². The van der Waals surface area contributed by atoms with E-state index in [0.717, 1.165) is 5.56 Å². The van der Waals surface area contributed by atoms with Crippen molar-refractivity contribution < 1.29 is 14.5 Å². The van der Waals surface area contributed by atoms with Crippen LogP contribution in [0.25, 0.3) is 0 Å². The van der Waals surface area contributed by atoms with Crippen LogP contribution in [-0.4, -0.2) is 17.9 Å². The Hall–Kier alpha value is -3.09. The Bertz CT molecular complexity index is 716. The highest BCUT2D eigenvalue weighted by molar-refractivity contribution is 5.97. The maximum atomic E-state index is 12.2. The zero-order valence-corrected chi connectivity index (χ0v) is 12.1. The van der Waals surface area contributed by atoms with Crippen LogP contribution in [0.1, 0.15) is 15.9 Å². The molecule has 0 atom stereocenters. The van der Waals surface area contributed by atoms with Crippen LogP contribution in [0, 0.1) is 17.0 Å². The number of nitrogens with zero attached hydrogens (tertiary/aromatic N) is 1. The summed E-state index contributed by atoms with van der Waals surface area (Å²) < 4.78 is 5.14. The van der Waals surface area contributed by atoms with Gasteiger partial charge in [0, 0.05) is 6.07 Å². The van der Waals surface area contributed by atoms with Crippen LogP contribution in [-0.2, 0) is 0 Å². The zero-order chi connectivity index (χ0) is 16.1. The number of anilines is 1. The molecule has 2 aromatic rings. The number of methoxy groups -OCH3 is 1. The van der Waals surface area contributed by atoms with Gasteiger partial charge in [-0.1, -0.05) is 23.8 Å². The lowest BCUT2D eigenvalue weighted by Crippen LogP contribution is -2.30. The van der Waals surface area contributed by atoms with Crippen LogP contribution in [0.15, 0.2) is 42.5 Å². The number of hydrogen-bond donors (Lipinski definition) is 2. The average Bonchev–Trinajstić information content (AvgIpc) is 2.52. The molecule has 0 aliphatic heterocycles. The van der Waals surface area contributed by atoms with E-state index in [-0.39, 0.29) is 11.4 Å². The minimum absolute atomic E-state index is 0.126. The summed E-state index contributed by atoms with van der Waals surface area (Å²) in [6, 6.07) is 11.2. The van der Waals surface area contributed by atoms with Gasteiger partial charge >= 0.3 is 0 Å². The molecule has 0 heterocycles. The molecular formula is C15H15N3O4. The Morgan fingerprint density at radius 2 is 1.95 bits per heavy atom. The van der Waals surface area contributed by atoms with Crippen molar-refractivity contribution in [2.45, 2.75) is 6.92 Å². The fourth-order valence-electron chi connectivity index (χ4n) is 1.93. The van der Waals surface area contributed by atoms with Gasteiger partial charge in [0.1, 0.15) is 11.4 Å². The van der Waals surface area contributed by atoms with Crippen LogP contribution in [0.5, 0.6) is 5.75 Å². The molecule has 7 nitrogen and oxygen atoms in total. The third-order valence-corrected chi connectivity index (χ3v) is 3.01. The van der Waals surface area contributed by atoms with Crippen LogP contribution in [0.3, 0.4) is 0 Å². The molecule has 0 saturated heterocycles. The maximum Gasteiger partial charge on any atom is 0.294 e. The van der Waals surface area contributed by atoms with Gasteiger partial charge in [0.05, 0.1) is 17.6 Å². The number of para-hydroxylation sites is 2. The average molecular weight is 301 g/mol. The van der Waals surface area contributed by atoms with Gasteiger partial charge in [-0.2, -0.15) is 0 Å². The number of nitro groups is 1. The van der Waals surface area contributed by atoms with Crippen molar-refractivity contribution in [1.29, 1.82) is 0 Å². The Labute approximate surface area is 127 Å². The Balaban J connectivity index is 2.17. The normalized spacial score (nSPS) is 9.91. The van der Waals surface area contributed by atoms with Gasteiger partial charge in [-0.3, -0.25) is 25.8 Å². The van der Waals surface area contributed by atoms with Crippen molar-refractivity contribution in [3.05, 3.63) is 63.7 Å². The second-order valence-electron chi connectivity index (χ2n) is 4.56. The Morgan fingerprint density at radius 1 is 1.23 bits per heavy atom. The number of aryl methyl sites for hydroxylation is 1. The van der Waals surface area contributed by atoms with E-state index in [1.807, 2.05) is 13.0 Å². The zero-order valence-electron chi connectivity index (χ0n) is 12.1. The predicted molar refractivity (Wildman–Crippen MR) is 81.9 cm³/mol. The predicted octanol–water partition coefficient (Wildman–Crippen LogP) is 2.67. The van der Waals surface area contributed by atoms with Gasteiger partial charge in [0.2, 0.25) is 0 Å². The summed E-state index contributed by atoms with van der Waals surface area (Å²) in [5.41, 5.74) is 6.32. The molecule has 0 aliphatic rings. The molecule has 2 rings (SSSR count). The van der Waals surface area contributed by atoms with E-state index in [2.05, 4.69) is 10.9 Å². The number of nitro benzene ring substituents is 1. The number of amides is 1. The molecule has 0 saturated carbocycles. The highest BCUT2D eigenvalue weighted by atomic mass is 16.6. The molecule has 22 heavy (non-hydrogen) atoms. The third kappa shape index (κ3) is 3.32. The monoisotopic (exact) mass is 301 g/mol. The Kier molecular flexibility index (Phi) is 4.57. The number of carbonyl (C=O) groups is 1. The van der Waals surface area contributed by atoms with Gasteiger partial charge < -0.3 is 4.74 Å². The first-order valence-electron chi connectivity index (χ1n) is 6.47. The molecular weight excluding hydrogens is 286 g/mol. The van der Waals surface area contributed by atoms with E-state index in [1.54, 1.807) is 24.3 Å². The summed E-state index contributed by atoms with van der Waals surface area (Å²) in [6.45, 7) is 1.85. The molecule has 0 spiro atoms. The molecule has 1 amide bonds. The highest BCUT2D eigenvalue weighted by Gasteiger charge is 2.15. The van der Waals surface area contributed by atoms with Crippen molar-refractivity contribution in [3.8, 4) is 5.75 Å². The molecule has 0 bridgehead atoms. The number of nitrogens with one attached hydrogen (secondary N) is 2. The molecule has 0 aliphatic carbocycles. The van der Waals surface area contributed by atoms with Crippen molar-refractivity contribution in [2.75, 3.05) is 12.5 Å². The van der Waals surface area contributed by atoms with Crippen LogP contribution in [0.2, 0.25) is 0 Å². The lowest BCUT2D eigenvalue weighted by molar-refractivity contribution is -0.384. The molecule has 0 aromatic heterocycles. The summed E-state index contributed by atoms with van der Waals surface area (Å²) in [5, 5.41) is 10.9. The number of rotatable bonds is 5. The Morgan fingerprint density at radius 3 is 2.64 bits per heavy atom. The maximum absolute atomic E-state index is 12.2. The van der Waals surface area contributed by atoms with Gasteiger partial charge in [0.15, 0.2) is 0 Å². The lowest BCUT2D eigenvalue weighted by atomic mass is 10.1. The summed E-state index contributed by atoms with van der Waals surface area (Å²) in [6.07, 6.45) is 0. The molecule has 7 heteroatoms. The molecule has 0 fully saturated rings. The van der Waals surface area contributed by atoms with Crippen molar-refractivity contribution >= 4 is 17.3 Å². The van der Waals surface area contributed by atoms with E-state index in [0.29, 0.717) is 11.3 Å². The van der Waals surface area contributed by atoms with E-state index in [4.69, 9.17) is 4.74 Å². The molecule has 0 unspecified atom stereocenters. The first kappa shape index (κ1) is 15.3. The SMILES string of the molecule is COc1ccc(C)cc1C(=O)NNc1ccccc1[N+](=O)[O-]. The van der Waals surface area contributed by atoms with Crippen LogP contribution < -0.4 is 15.6 Å². The molecule has 0 radical (unpaired) electrons. The fourth-order valence-corrected chi connectivity index (χ4v) is 1.93. The minimum atomic E-state index is -0.526. The summed E-state index contributed by atoms with van der Waals surface area (Å²) in [4.78, 5) is 22.6. The third-order valence-electron chi connectivity index (χ3n) is 3.01. The summed E-state index contributed by atoms with van der Waals surface area (Å²) in [7, 11) is 1.47. The van der Waals surface area contributed by atoms with Crippen molar-refractivity contribution in [1.82, 2.24) is 5.43 Å². The number of hydrazine groups is 1. The first-order valence-corrected chi connectivity index (χ1v) is 6.47. The summed E-state index contributed by atoms with van der Waals surface area (Å²) >= 11 is 0. The quantitative estimate of drug-likeness (QED) is 0.654. The van der Waals surface area contributed by atoms with Gasteiger partial charge in [-0.25, -0.2) is 0 Å². The number of ether oxygens (including phenoxy) is 1. The first-order chi connectivity index (χ1) is 10.5.